The Balaban J connectivity index is 1.43. The molecule has 0 saturated heterocycles. The Hall–Kier alpha value is -4.50. The summed E-state index contributed by atoms with van der Waals surface area (Å²) in [6.45, 7) is 2.43. The van der Waals surface area contributed by atoms with Gasteiger partial charge in [0.05, 0.1) is 17.4 Å². The van der Waals surface area contributed by atoms with Crippen LogP contribution in [0.3, 0.4) is 0 Å². The Morgan fingerprint density at radius 1 is 0.889 bits per heavy atom. The Bertz CT molecular complexity index is 1990. The summed E-state index contributed by atoms with van der Waals surface area (Å²) in [5, 5.41) is 11.7. The highest BCUT2D eigenvalue weighted by Crippen LogP contribution is 2.35. The quantitative estimate of drug-likeness (QED) is 0.312. The number of nitrogens with zero attached hydrogens (tertiary/aromatic N) is 6. The molecule has 7 aromatic rings. The van der Waals surface area contributed by atoms with Crippen molar-refractivity contribution in [2.45, 2.75) is 23.7 Å². The Labute approximate surface area is 208 Å². The molecular formula is C27H18N6O2S. The van der Waals surface area contributed by atoms with Crippen LogP contribution in [0.15, 0.2) is 98.5 Å². The molecule has 0 amide bonds. The van der Waals surface area contributed by atoms with Crippen LogP contribution < -0.4 is 5.56 Å². The van der Waals surface area contributed by atoms with Crippen molar-refractivity contribution in [3.05, 3.63) is 101 Å². The molecular weight excluding hydrogens is 472 g/mol. The van der Waals surface area contributed by atoms with Gasteiger partial charge < -0.3 is 4.42 Å². The molecule has 0 atom stereocenters. The minimum Gasteiger partial charge on any atom is -0.451 e. The van der Waals surface area contributed by atoms with E-state index in [1.807, 2.05) is 84.1 Å². The summed E-state index contributed by atoms with van der Waals surface area (Å²) in [5.41, 5.74) is 4.90. The van der Waals surface area contributed by atoms with Crippen LogP contribution in [0.4, 0.5) is 0 Å². The van der Waals surface area contributed by atoms with E-state index in [0.29, 0.717) is 33.5 Å². The fourth-order valence-corrected chi connectivity index (χ4v) is 5.34. The van der Waals surface area contributed by atoms with Crippen molar-refractivity contribution in [1.82, 2.24) is 29.1 Å². The first-order valence-corrected chi connectivity index (χ1v) is 12.2. The molecule has 0 aliphatic carbocycles. The van der Waals surface area contributed by atoms with E-state index >= 15 is 0 Å². The molecule has 3 aromatic carbocycles. The van der Waals surface area contributed by atoms with Gasteiger partial charge >= 0.3 is 0 Å². The Morgan fingerprint density at radius 3 is 2.53 bits per heavy atom. The zero-order valence-electron chi connectivity index (χ0n) is 19.1. The summed E-state index contributed by atoms with van der Waals surface area (Å²) in [6, 6.07) is 23.4. The largest absolute Gasteiger partial charge is 0.451 e. The SMILES string of the molecule is Cc1ccc(Cn2c(=O)c3ccccc3n3c(Sc4ncnc5c4oc4ccccc45)nnc23)cc1. The summed E-state index contributed by atoms with van der Waals surface area (Å²) >= 11 is 1.34. The van der Waals surface area contributed by atoms with Crippen LogP contribution in [0.5, 0.6) is 0 Å². The van der Waals surface area contributed by atoms with Crippen molar-refractivity contribution in [1.29, 1.82) is 0 Å². The molecule has 0 fully saturated rings. The second kappa shape index (κ2) is 8.03. The van der Waals surface area contributed by atoms with Crippen LogP contribution in [0.1, 0.15) is 11.1 Å². The highest BCUT2D eigenvalue weighted by Gasteiger charge is 2.20. The fourth-order valence-electron chi connectivity index (χ4n) is 4.48. The van der Waals surface area contributed by atoms with Crippen LogP contribution in [0.2, 0.25) is 0 Å². The lowest BCUT2D eigenvalue weighted by atomic mass is 10.1. The average molecular weight is 491 g/mol. The third-order valence-electron chi connectivity index (χ3n) is 6.25. The third kappa shape index (κ3) is 3.20. The first kappa shape index (κ1) is 20.8. The summed E-state index contributed by atoms with van der Waals surface area (Å²) in [5.74, 6) is 0.469. The van der Waals surface area contributed by atoms with Crippen LogP contribution in [-0.2, 0) is 6.54 Å². The minimum absolute atomic E-state index is 0.107. The van der Waals surface area contributed by atoms with Crippen LogP contribution >= 0.6 is 11.8 Å². The number of furan rings is 1. The van der Waals surface area contributed by atoms with Gasteiger partial charge in [0.2, 0.25) is 10.9 Å². The van der Waals surface area contributed by atoms with Gasteiger partial charge in [0.15, 0.2) is 10.6 Å². The molecule has 0 aliphatic heterocycles. The maximum Gasteiger partial charge on any atom is 0.263 e. The summed E-state index contributed by atoms with van der Waals surface area (Å²) in [4.78, 5) is 22.4. The molecule has 8 nitrogen and oxygen atoms in total. The third-order valence-corrected chi connectivity index (χ3v) is 7.18. The molecule has 36 heavy (non-hydrogen) atoms. The lowest BCUT2D eigenvalue weighted by Crippen LogP contribution is -2.24. The van der Waals surface area contributed by atoms with Crippen LogP contribution in [0.25, 0.3) is 38.7 Å². The fraction of sp³-hybridized carbons (Fsp3) is 0.0741. The van der Waals surface area contributed by atoms with E-state index in [0.717, 1.165) is 33.1 Å². The zero-order chi connectivity index (χ0) is 24.2. The standard InChI is InChI=1S/C27H18N6O2S/c1-16-10-12-17(13-11-16)14-32-25(34)18-6-2-4-8-20(18)33-26(32)30-31-27(33)36-24-23-22(28-15-29-24)19-7-3-5-9-21(19)35-23/h2-13,15H,14H2,1H3. The van der Waals surface area contributed by atoms with E-state index in [1.165, 1.54) is 18.1 Å². The number of hydrogen-bond donors (Lipinski definition) is 0. The van der Waals surface area contributed by atoms with Gasteiger partial charge in [-0.05, 0) is 48.5 Å². The number of aromatic nitrogens is 6. The molecule has 0 aliphatic rings. The Kier molecular flexibility index (Phi) is 4.65. The molecule has 7 rings (SSSR count). The van der Waals surface area contributed by atoms with Gasteiger partial charge in [-0.15, -0.1) is 10.2 Å². The lowest BCUT2D eigenvalue weighted by Gasteiger charge is -2.11. The van der Waals surface area contributed by atoms with E-state index in [4.69, 9.17) is 4.42 Å². The lowest BCUT2D eigenvalue weighted by molar-refractivity contribution is 0.653. The predicted octanol–water partition coefficient (Wildman–Crippen LogP) is 5.24. The number of fused-ring (bicyclic) bond motifs is 6. The number of rotatable bonds is 4. The number of hydrogen-bond acceptors (Lipinski definition) is 7. The van der Waals surface area contributed by atoms with Gasteiger partial charge in [0.1, 0.15) is 17.4 Å². The van der Waals surface area contributed by atoms with E-state index < -0.39 is 0 Å². The minimum atomic E-state index is -0.107. The summed E-state index contributed by atoms with van der Waals surface area (Å²) in [6.07, 6.45) is 1.53. The summed E-state index contributed by atoms with van der Waals surface area (Å²) in [7, 11) is 0. The maximum absolute atomic E-state index is 13.5. The average Bonchev–Trinajstić information content (AvgIpc) is 3.50. The smallest absolute Gasteiger partial charge is 0.263 e. The maximum atomic E-state index is 13.5. The van der Waals surface area contributed by atoms with Gasteiger partial charge in [0, 0.05) is 5.39 Å². The molecule has 0 unspecified atom stereocenters. The monoisotopic (exact) mass is 490 g/mol. The topological polar surface area (TPSA) is 91.1 Å². The Morgan fingerprint density at radius 2 is 1.67 bits per heavy atom. The number of benzene rings is 3. The highest BCUT2D eigenvalue weighted by molar-refractivity contribution is 7.99. The zero-order valence-corrected chi connectivity index (χ0v) is 19.9. The van der Waals surface area contributed by atoms with Crippen LogP contribution in [-0.4, -0.2) is 29.1 Å². The molecule has 0 radical (unpaired) electrons. The van der Waals surface area contributed by atoms with Crippen molar-refractivity contribution >= 4 is 50.5 Å². The first-order valence-electron chi connectivity index (χ1n) is 11.4. The van der Waals surface area contributed by atoms with Gasteiger partial charge in [-0.25, -0.2) is 9.97 Å². The molecule has 4 heterocycles. The molecule has 0 spiro atoms. The van der Waals surface area contributed by atoms with Gasteiger partial charge in [-0.1, -0.05) is 54.1 Å². The van der Waals surface area contributed by atoms with E-state index in [2.05, 4.69) is 20.2 Å². The van der Waals surface area contributed by atoms with E-state index in [1.54, 1.807) is 4.57 Å². The van der Waals surface area contributed by atoms with Gasteiger partial charge in [-0.2, -0.15) is 0 Å². The van der Waals surface area contributed by atoms with E-state index in [-0.39, 0.29) is 5.56 Å². The van der Waals surface area contributed by atoms with Crippen LogP contribution in [0, 0.1) is 6.92 Å². The highest BCUT2D eigenvalue weighted by atomic mass is 32.2. The molecule has 174 valence electrons. The van der Waals surface area contributed by atoms with Gasteiger partial charge in [0.25, 0.3) is 5.56 Å². The molecule has 0 saturated carbocycles. The van der Waals surface area contributed by atoms with Crippen molar-refractivity contribution in [3.63, 3.8) is 0 Å². The van der Waals surface area contributed by atoms with Crippen molar-refractivity contribution in [3.8, 4) is 0 Å². The number of para-hydroxylation sites is 2. The first-order chi connectivity index (χ1) is 17.7. The molecule has 0 bridgehead atoms. The summed E-state index contributed by atoms with van der Waals surface area (Å²) < 4.78 is 9.68. The normalized spacial score (nSPS) is 11.8. The van der Waals surface area contributed by atoms with Crippen molar-refractivity contribution in [2.24, 2.45) is 0 Å². The predicted molar refractivity (Wildman–Crippen MR) is 138 cm³/mol. The van der Waals surface area contributed by atoms with Crippen molar-refractivity contribution in [2.75, 3.05) is 0 Å². The molecule has 4 aromatic heterocycles. The van der Waals surface area contributed by atoms with Gasteiger partial charge in [-0.3, -0.25) is 13.8 Å². The van der Waals surface area contributed by atoms with Crippen molar-refractivity contribution < 1.29 is 4.42 Å². The number of aryl methyl sites for hydroxylation is 1. The molecule has 0 N–H and O–H groups in total. The second-order valence-electron chi connectivity index (χ2n) is 8.57. The second-order valence-corrected chi connectivity index (χ2v) is 9.52. The van der Waals surface area contributed by atoms with E-state index in [9.17, 15) is 4.79 Å². The molecule has 9 heteroatoms.